The van der Waals surface area contributed by atoms with E-state index >= 15 is 0 Å². The minimum Gasteiger partial charge on any atom is -0.489 e. The molecule has 1 atom stereocenters. The van der Waals surface area contributed by atoms with E-state index in [1.165, 1.54) is 0 Å². The van der Waals surface area contributed by atoms with Crippen LogP contribution in [0.1, 0.15) is 22.1 Å². The molecule has 0 radical (unpaired) electrons. The fourth-order valence-electron chi connectivity index (χ4n) is 3.37. The molecule has 0 bridgehead atoms. The van der Waals surface area contributed by atoms with Crippen molar-refractivity contribution in [3.05, 3.63) is 95.6 Å². The maximum atomic E-state index is 13.2. The van der Waals surface area contributed by atoms with Gasteiger partial charge in [-0.05, 0) is 47.9 Å². The van der Waals surface area contributed by atoms with E-state index in [-0.39, 0.29) is 5.37 Å². The van der Waals surface area contributed by atoms with Gasteiger partial charge in [0.25, 0.3) is 0 Å². The molecule has 0 aromatic heterocycles. The van der Waals surface area contributed by atoms with Gasteiger partial charge in [0, 0.05) is 12.3 Å². The second kappa shape index (κ2) is 8.61. The Hall–Kier alpha value is -2.28. The van der Waals surface area contributed by atoms with Gasteiger partial charge >= 0.3 is 0 Å². The van der Waals surface area contributed by atoms with E-state index in [2.05, 4.69) is 0 Å². The Labute approximate surface area is 176 Å². The van der Waals surface area contributed by atoms with Crippen LogP contribution in [0.5, 0.6) is 5.75 Å². The third kappa shape index (κ3) is 4.50. The molecule has 0 amide bonds. The first-order valence-electron chi connectivity index (χ1n) is 9.51. The summed E-state index contributed by atoms with van der Waals surface area (Å²) in [6.07, 6.45) is 0. The molecule has 1 heterocycles. The van der Waals surface area contributed by atoms with Gasteiger partial charge in [-0.3, -0.25) is 0 Å². The number of aryl methyl sites for hydroxylation is 1. The second-order valence-corrected chi connectivity index (χ2v) is 10.1. The summed E-state index contributed by atoms with van der Waals surface area (Å²) < 4.78 is 34.0. The molecular formula is C23H23NO3S2. The van der Waals surface area contributed by atoms with Crippen LogP contribution >= 0.6 is 11.8 Å². The minimum absolute atomic E-state index is 0.249. The molecular weight excluding hydrogens is 402 g/mol. The average molecular weight is 426 g/mol. The zero-order valence-electron chi connectivity index (χ0n) is 16.2. The zero-order valence-corrected chi connectivity index (χ0v) is 17.8. The standard InChI is InChI=1S/C23H23NO3S2/c1-18-7-5-12-22(15-18)29(25,26)24-13-14-28-23(24)20-10-6-11-21(16-20)27-17-19-8-3-2-4-9-19/h2-12,15-16,23H,13-14,17H2,1H3/t23-/m0/s1. The van der Waals surface area contributed by atoms with E-state index in [1.807, 2.05) is 67.6 Å². The number of rotatable bonds is 6. The Kier molecular flexibility index (Phi) is 5.94. The number of benzene rings is 3. The van der Waals surface area contributed by atoms with Crippen LogP contribution in [0.25, 0.3) is 0 Å². The van der Waals surface area contributed by atoms with Crippen molar-refractivity contribution >= 4 is 21.8 Å². The summed E-state index contributed by atoms with van der Waals surface area (Å²) in [5, 5.41) is -0.249. The third-order valence-corrected chi connectivity index (χ3v) is 8.09. The highest BCUT2D eigenvalue weighted by atomic mass is 32.2. The number of ether oxygens (including phenoxy) is 1. The summed E-state index contributed by atoms with van der Waals surface area (Å²) in [6.45, 7) is 2.89. The fraction of sp³-hybridized carbons (Fsp3) is 0.217. The van der Waals surface area contributed by atoms with E-state index in [4.69, 9.17) is 4.74 Å². The van der Waals surface area contributed by atoms with E-state index in [1.54, 1.807) is 34.3 Å². The summed E-state index contributed by atoms with van der Waals surface area (Å²) in [7, 11) is -3.55. The normalized spacial score (nSPS) is 17.3. The molecule has 150 valence electrons. The second-order valence-electron chi connectivity index (χ2n) is 7.00. The molecule has 0 N–H and O–H groups in total. The molecule has 29 heavy (non-hydrogen) atoms. The quantitative estimate of drug-likeness (QED) is 0.557. The van der Waals surface area contributed by atoms with E-state index in [9.17, 15) is 8.42 Å². The Morgan fingerprint density at radius 1 is 1.00 bits per heavy atom. The van der Waals surface area contributed by atoms with E-state index < -0.39 is 10.0 Å². The lowest BCUT2D eigenvalue weighted by Gasteiger charge is -2.24. The van der Waals surface area contributed by atoms with Gasteiger partial charge in [-0.15, -0.1) is 11.8 Å². The van der Waals surface area contributed by atoms with E-state index in [0.717, 1.165) is 28.2 Å². The molecule has 0 unspecified atom stereocenters. The molecule has 1 aliphatic rings. The van der Waals surface area contributed by atoms with Crippen LogP contribution in [0.2, 0.25) is 0 Å². The van der Waals surface area contributed by atoms with Crippen molar-refractivity contribution in [3.63, 3.8) is 0 Å². The molecule has 4 nitrogen and oxygen atoms in total. The largest absolute Gasteiger partial charge is 0.489 e. The molecule has 1 saturated heterocycles. The summed E-state index contributed by atoms with van der Waals surface area (Å²) in [5.74, 6) is 1.51. The van der Waals surface area contributed by atoms with Crippen molar-refractivity contribution in [2.75, 3.05) is 12.3 Å². The summed E-state index contributed by atoms with van der Waals surface area (Å²) >= 11 is 1.64. The summed E-state index contributed by atoms with van der Waals surface area (Å²) in [6, 6.07) is 24.8. The maximum Gasteiger partial charge on any atom is 0.244 e. The monoisotopic (exact) mass is 425 g/mol. The average Bonchev–Trinajstić information content (AvgIpc) is 3.24. The Balaban J connectivity index is 1.56. The molecule has 1 aliphatic heterocycles. The highest BCUT2D eigenvalue weighted by Crippen LogP contribution is 2.42. The number of sulfonamides is 1. The molecule has 1 fully saturated rings. The van der Waals surface area contributed by atoms with Crippen molar-refractivity contribution in [3.8, 4) is 5.75 Å². The van der Waals surface area contributed by atoms with Crippen molar-refractivity contribution in [1.29, 1.82) is 0 Å². The minimum atomic E-state index is -3.55. The lowest BCUT2D eigenvalue weighted by Crippen LogP contribution is -2.30. The van der Waals surface area contributed by atoms with Gasteiger partial charge in [-0.1, -0.05) is 54.6 Å². The predicted molar refractivity (Wildman–Crippen MR) is 117 cm³/mol. The van der Waals surface area contributed by atoms with Gasteiger partial charge in [-0.25, -0.2) is 8.42 Å². The Bertz CT molecular complexity index is 1080. The zero-order chi connectivity index (χ0) is 20.3. The molecule has 3 aromatic carbocycles. The predicted octanol–water partition coefficient (Wildman–Crippen LogP) is 5.01. The molecule has 6 heteroatoms. The van der Waals surface area contributed by atoms with Crippen LogP contribution in [0, 0.1) is 6.92 Å². The maximum absolute atomic E-state index is 13.2. The smallest absolute Gasteiger partial charge is 0.244 e. The highest BCUT2D eigenvalue weighted by molar-refractivity contribution is 8.01. The number of thioether (sulfide) groups is 1. The van der Waals surface area contributed by atoms with Crippen LogP contribution in [-0.2, 0) is 16.6 Å². The van der Waals surface area contributed by atoms with Crippen molar-refractivity contribution in [1.82, 2.24) is 4.31 Å². The van der Waals surface area contributed by atoms with Crippen LogP contribution in [0.15, 0.2) is 83.8 Å². The first-order valence-corrected chi connectivity index (χ1v) is 12.0. The van der Waals surface area contributed by atoms with Crippen LogP contribution in [0.4, 0.5) is 0 Å². The van der Waals surface area contributed by atoms with Gasteiger partial charge in [0.1, 0.15) is 12.4 Å². The lowest BCUT2D eigenvalue weighted by atomic mass is 10.2. The van der Waals surface area contributed by atoms with Crippen LogP contribution in [-0.4, -0.2) is 25.0 Å². The topological polar surface area (TPSA) is 46.6 Å². The van der Waals surface area contributed by atoms with Gasteiger partial charge < -0.3 is 4.74 Å². The molecule has 4 rings (SSSR count). The third-order valence-electron chi connectivity index (χ3n) is 4.84. The molecule has 0 spiro atoms. The number of nitrogens with zero attached hydrogens (tertiary/aromatic N) is 1. The lowest BCUT2D eigenvalue weighted by molar-refractivity contribution is 0.305. The van der Waals surface area contributed by atoms with Crippen LogP contribution in [0.3, 0.4) is 0 Å². The highest BCUT2D eigenvalue weighted by Gasteiger charge is 2.37. The van der Waals surface area contributed by atoms with Crippen molar-refractivity contribution in [2.45, 2.75) is 23.8 Å². The number of hydrogen-bond acceptors (Lipinski definition) is 4. The molecule has 3 aromatic rings. The fourth-order valence-corrected chi connectivity index (χ4v) is 6.71. The summed E-state index contributed by atoms with van der Waals surface area (Å²) in [4.78, 5) is 0.349. The number of hydrogen-bond donors (Lipinski definition) is 0. The molecule has 0 saturated carbocycles. The Morgan fingerprint density at radius 2 is 1.79 bits per heavy atom. The Morgan fingerprint density at radius 3 is 2.59 bits per heavy atom. The van der Waals surface area contributed by atoms with Gasteiger partial charge in [0.15, 0.2) is 0 Å². The van der Waals surface area contributed by atoms with Crippen LogP contribution < -0.4 is 4.74 Å². The first kappa shape index (κ1) is 20.0. The van der Waals surface area contributed by atoms with E-state index in [0.29, 0.717) is 18.0 Å². The van der Waals surface area contributed by atoms with Gasteiger partial charge in [0.2, 0.25) is 10.0 Å². The summed E-state index contributed by atoms with van der Waals surface area (Å²) in [5.41, 5.74) is 2.97. The molecule has 0 aliphatic carbocycles. The van der Waals surface area contributed by atoms with Crippen molar-refractivity contribution < 1.29 is 13.2 Å². The first-order chi connectivity index (χ1) is 14.0. The van der Waals surface area contributed by atoms with Crippen molar-refractivity contribution in [2.24, 2.45) is 0 Å². The SMILES string of the molecule is Cc1cccc(S(=O)(=O)N2CCS[C@H]2c2cccc(OCc3ccccc3)c2)c1. The van der Waals surface area contributed by atoms with Gasteiger partial charge in [0.05, 0.1) is 10.3 Å². The van der Waals surface area contributed by atoms with Gasteiger partial charge in [-0.2, -0.15) is 4.31 Å².